The zero-order valence-electron chi connectivity index (χ0n) is 14.4. The lowest BCUT2D eigenvalue weighted by atomic mass is 10.1. The van der Waals surface area contributed by atoms with Crippen LogP contribution in [0.3, 0.4) is 0 Å². The van der Waals surface area contributed by atoms with E-state index in [-0.39, 0.29) is 11.7 Å². The molecule has 0 aliphatic heterocycles. The van der Waals surface area contributed by atoms with Gasteiger partial charge in [-0.2, -0.15) is 5.10 Å². The van der Waals surface area contributed by atoms with Crippen molar-refractivity contribution in [2.45, 2.75) is 19.8 Å². The summed E-state index contributed by atoms with van der Waals surface area (Å²) in [5, 5.41) is 8.06. The fourth-order valence-corrected chi connectivity index (χ4v) is 2.68. The predicted octanol–water partition coefficient (Wildman–Crippen LogP) is 4.86. The van der Waals surface area contributed by atoms with Crippen molar-refractivity contribution >= 4 is 17.5 Å². The van der Waals surface area contributed by atoms with Crippen LogP contribution in [0.15, 0.2) is 54.6 Å². The summed E-state index contributed by atoms with van der Waals surface area (Å²) >= 11 is 5.96. The highest BCUT2D eigenvalue weighted by molar-refractivity contribution is 6.30. The van der Waals surface area contributed by atoms with Crippen molar-refractivity contribution in [1.29, 1.82) is 0 Å². The van der Waals surface area contributed by atoms with Crippen molar-refractivity contribution in [3.63, 3.8) is 0 Å². The predicted molar refractivity (Wildman–Crippen MR) is 101 cm³/mol. The minimum Gasteiger partial charge on any atom is -0.351 e. The number of nitrogens with zero attached hydrogens (tertiary/aromatic N) is 2. The highest BCUT2D eigenvalue weighted by Gasteiger charge is 2.17. The number of hydrogen-bond donors (Lipinski definition) is 1. The quantitative estimate of drug-likeness (QED) is 0.629. The molecular formula is C20H19ClFN3O. The fraction of sp³-hybridized carbons (Fsp3) is 0.200. The van der Waals surface area contributed by atoms with Crippen LogP contribution in [0.5, 0.6) is 0 Å². The lowest BCUT2D eigenvalue weighted by molar-refractivity contribution is 0.0945. The molecule has 0 aliphatic rings. The summed E-state index contributed by atoms with van der Waals surface area (Å²) < 4.78 is 14.8. The molecule has 2 aromatic carbocycles. The zero-order valence-corrected chi connectivity index (χ0v) is 15.1. The first kappa shape index (κ1) is 18.1. The van der Waals surface area contributed by atoms with Gasteiger partial charge in [0.2, 0.25) is 0 Å². The second kappa shape index (κ2) is 8.15. The van der Waals surface area contributed by atoms with E-state index in [2.05, 4.69) is 17.3 Å². The van der Waals surface area contributed by atoms with Crippen LogP contribution in [-0.4, -0.2) is 22.2 Å². The summed E-state index contributed by atoms with van der Waals surface area (Å²) in [6.07, 6.45) is 1.91. The second-order valence-corrected chi connectivity index (χ2v) is 6.36. The van der Waals surface area contributed by atoms with E-state index < -0.39 is 0 Å². The Morgan fingerprint density at radius 3 is 2.50 bits per heavy atom. The average Bonchev–Trinajstić information content (AvgIpc) is 3.08. The molecule has 0 atom stereocenters. The number of nitrogens with one attached hydrogen (secondary N) is 1. The van der Waals surface area contributed by atoms with E-state index in [4.69, 9.17) is 11.6 Å². The first-order chi connectivity index (χ1) is 12.6. The van der Waals surface area contributed by atoms with E-state index in [1.165, 1.54) is 12.1 Å². The molecule has 1 aromatic heterocycles. The molecule has 6 heteroatoms. The molecule has 0 radical (unpaired) electrons. The molecule has 0 fully saturated rings. The highest BCUT2D eigenvalue weighted by Crippen LogP contribution is 2.23. The maximum absolute atomic E-state index is 13.2. The van der Waals surface area contributed by atoms with Gasteiger partial charge in [0, 0.05) is 17.1 Å². The van der Waals surface area contributed by atoms with E-state index >= 15 is 0 Å². The van der Waals surface area contributed by atoms with Gasteiger partial charge in [0.25, 0.3) is 5.91 Å². The first-order valence-electron chi connectivity index (χ1n) is 8.48. The number of halogens is 2. The van der Waals surface area contributed by atoms with E-state index in [1.54, 1.807) is 47.1 Å². The number of hydrogen-bond acceptors (Lipinski definition) is 2. The first-order valence-corrected chi connectivity index (χ1v) is 8.86. The molecule has 1 amide bonds. The van der Waals surface area contributed by atoms with E-state index in [1.807, 2.05) is 0 Å². The van der Waals surface area contributed by atoms with Crippen molar-refractivity contribution in [2.24, 2.45) is 0 Å². The molecule has 3 aromatic rings. The third-order valence-corrected chi connectivity index (χ3v) is 4.22. The highest BCUT2D eigenvalue weighted by atomic mass is 35.5. The monoisotopic (exact) mass is 371 g/mol. The Kier molecular flexibility index (Phi) is 5.68. The van der Waals surface area contributed by atoms with Crippen molar-refractivity contribution < 1.29 is 9.18 Å². The van der Waals surface area contributed by atoms with Gasteiger partial charge in [-0.3, -0.25) is 4.79 Å². The Labute approximate surface area is 156 Å². The van der Waals surface area contributed by atoms with Crippen LogP contribution in [0.25, 0.3) is 16.9 Å². The molecule has 0 saturated carbocycles. The Bertz CT molecular complexity index is 888. The molecule has 0 spiro atoms. The number of carbonyl (C=O) groups excluding carboxylic acids is 1. The van der Waals surface area contributed by atoms with Gasteiger partial charge in [0.05, 0.1) is 11.4 Å². The summed E-state index contributed by atoms with van der Waals surface area (Å²) in [5.41, 5.74) is 2.48. The number of amides is 1. The number of rotatable bonds is 6. The Balaban J connectivity index is 2.00. The lowest BCUT2D eigenvalue weighted by Gasteiger charge is -2.08. The molecule has 0 bridgehead atoms. The Morgan fingerprint density at radius 1 is 1.15 bits per heavy atom. The van der Waals surface area contributed by atoms with E-state index in [9.17, 15) is 9.18 Å². The molecule has 3 rings (SSSR count). The summed E-state index contributed by atoms with van der Waals surface area (Å²) in [7, 11) is 0. The van der Waals surface area contributed by atoms with Crippen LogP contribution in [0, 0.1) is 5.82 Å². The Hall–Kier alpha value is -2.66. The van der Waals surface area contributed by atoms with Gasteiger partial charge in [0.1, 0.15) is 11.5 Å². The van der Waals surface area contributed by atoms with Gasteiger partial charge in [-0.05, 0) is 61.0 Å². The molecule has 4 nitrogen and oxygen atoms in total. The van der Waals surface area contributed by atoms with Gasteiger partial charge >= 0.3 is 0 Å². The number of unbranched alkanes of at least 4 members (excludes halogenated alkanes) is 1. The molecule has 0 aliphatic carbocycles. The van der Waals surface area contributed by atoms with Crippen LogP contribution in [0.4, 0.5) is 4.39 Å². The second-order valence-electron chi connectivity index (χ2n) is 5.92. The van der Waals surface area contributed by atoms with Gasteiger partial charge in [-0.15, -0.1) is 0 Å². The van der Waals surface area contributed by atoms with Crippen molar-refractivity contribution in [2.75, 3.05) is 6.54 Å². The molecule has 1 heterocycles. The molecule has 0 unspecified atom stereocenters. The summed E-state index contributed by atoms with van der Waals surface area (Å²) in [4.78, 5) is 12.6. The summed E-state index contributed by atoms with van der Waals surface area (Å²) in [6, 6.07) is 14.8. The maximum Gasteiger partial charge on any atom is 0.270 e. The largest absolute Gasteiger partial charge is 0.351 e. The molecule has 1 N–H and O–H groups in total. The number of benzene rings is 2. The molecule has 134 valence electrons. The lowest BCUT2D eigenvalue weighted by Crippen LogP contribution is -2.26. The van der Waals surface area contributed by atoms with Crippen LogP contribution in [-0.2, 0) is 0 Å². The maximum atomic E-state index is 13.2. The summed E-state index contributed by atoms with van der Waals surface area (Å²) in [5.74, 6) is -0.516. The molecule has 26 heavy (non-hydrogen) atoms. The number of carbonyl (C=O) groups is 1. The van der Waals surface area contributed by atoms with Gasteiger partial charge in [-0.25, -0.2) is 9.07 Å². The minimum absolute atomic E-state index is 0.200. The third kappa shape index (κ3) is 4.11. The van der Waals surface area contributed by atoms with Gasteiger partial charge in [0.15, 0.2) is 0 Å². The topological polar surface area (TPSA) is 46.9 Å². The van der Waals surface area contributed by atoms with Gasteiger partial charge < -0.3 is 5.32 Å². The van der Waals surface area contributed by atoms with E-state index in [0.29, 0.717) is 23.0 Å². The standard InChI is InChI=1S/C20H19ClFN3O/c1-2-3-12-23-20(26)19-13-18(14-4-8-16(22)9-5-14)24-25(19)17-10-6-15(21)7-11-17/h4-11,13H,2-3,12H2,1H3,(H,23,26). The van der Waals surface area contributed by atoms with Crippen molar-refractivity contribution in [3.8, 4) is 16.9 Å². The number of aromatic nitrogens is 2. The van der Waals surface area contributed by atoms with E-state index in [0.717, 1.165) is 24.1 Å². The zero-order chi connectivity index (χ0) is 18.5. The Morgan fingerprint density at radius 2 is 1.85 bits per heavy atom. The molecule has 0 saturated heterocycles. The third-order valence-electron chi connectivity index (χ3n) is 3.97. The smallest absolute Gasteiger partial charge is 0.270 e. The van der Waals surface area contributed by atoms with Crippen molar-refractivity contribution in [1.82, 2.24) is 15.1 Å². The average molecular weight is 372 g/mol. The van der Waals surface area contributed by atoms with Crippen molar-refractivity contribution in [3.05, 3.63) is 71.1 Å². The van der Waals surface area contributed by atoms with Crippen LogP contribution < -0.4 is 5.32 Å². The minimum atomic E-state index is -0.316. The fourth-order valence-electron chi connectivity index (χ4n) is 2.55. The van der Waals surface area contributed by atoms with Crippen LogP contribution in [0.2, 0.25) is 5.02 Å². The van der Waals surface area contributed by atoms with Crippen LogP contribution >= 0.6 is 11.6 Å². The SMILES string of the molecule is CCCCNC(=O)c1cc(-c2ccc(F)cc2)nn1-c1ccc(Cl)cc1. The van der Waals surface area contributed by atoms with Crippen LogP contribution in [0.1, 0.15) is 30.3 Å². The normalized spacial score (nSPS) is 10.7. The summed E-state index contributed by atoms with van der Waals surface area (Å²) in [6.45, 7) is 2.67. The molecular weight excluding hydrogens is 353 g/mol. The van der Waals surface area contributed by atoms with Gasteiger partial charge in [-0.1, -0.05) is 24.9 Å².